The highest BCUT2D eigenvalue weighted by Crippen LogP contribution is 2.41. The summed E-state index contributed by atoms with van der Waals surface area (Å²) in [7, 11) is 1.54. The number of hydrogen-bond donors (Lipinski definition) is 2. The van der Waals surface area contributed by atoms with Gasteiger partial charge in [0.05, 0.1) is 11.3 Å². The normalized spacial score (nSPS) is 22.8. The van der Waals surface area contributed by atoms with Crippen molar-refractivity contribution in [3.8, 4) is 0 Å². The van der Waals surface area contributed by atoms with Gasteiger partial charge in [0.15, 0.2) is 5.60 Å². The maximum Gasteiger partial charge on any atom is 0.336 e. The van der Waals surface area contributed by atoms with Crippen molar-refractivity contribution in [2.45, 2.75) is 12.5 Å². The summed E-state index contributed by atoms with van der Waals surface area (Å²) in [5.74, 6) is -1.58. The van der Waals surface area contributed by atoms with E-state index in [0.29, 0.717) is 15.7 Å². The van der Waals surface area contributed by atoms with E-state index in [4.69, 9.17) is 5.11 Å². The zero-order chi connectivity index (χ0) is 13.0. The first-order valence-electron chi connectivity index (χ1n) is 4.84. The minimum atomic E-state index is -1.67. The molecule has 0 aliphatic carbocycles. The standard InChI is InChI=1S/C11H10BrNO4/c1-11(17)6-3-5(9(14)15)7(12)4-8(6)13(2)10(11)16/h3-4,17H,1-2H3,(H,14,15). The van der Waals surface area contributed by atoms with Gasteiger partial charge in [-0.15, -0.1) is 0 Å². The number of fused-ring (bicyclic) bond motifs is 1. The molecule has 0 aromatic heterocycles. The van der Waals surface area contributed by atoms with Crippen LogP contribution in [0.3, 0.4) is 0 Å². The van der Waals surface area contributed by atoms with Crippen molar-refractivity contribution in [1.82, 2.24) is 0 Å². The van der Waals surface area contributed by atoms with Gasteiger partial charge < -0.3 is 15.1 Å². The van der Waals surface area contributed by atoms with Crippen molar-refractivity contribution in [2.24, 2.45) is 0 Å². The molecule has 1 amide bonds. The second kappa shape index (κ2) is 3.54. The lowest BCUT2D eigenvalue weighted by Gasteiger charge is -2.15. The Balaban J connectivity index is 2.73. The first kappa shape index (κ1) is 12.1. The van der Waals surface area contributed by atoms with Gasteiger partial charge in [-0.1, -0.05) is 0 Å². The number of amides is 1. The van der Waals surface area contributed by atoms with Crippen molar-refractivity contribution in [3.63, 3.8) is 0 Å². The van der Waals surface area contributed by atoms with Crippen LogP contribution in [-0.2, 0) is 10.4 Å². The van der Waals surface area contributed by atoms with Crippen LogP contribution in [0.15, 0.2) is 16.6 Å². The smallest absolute Gasteiger partial charge is 0.336 e. The van der Waals surface area contributed by atoms with Crippen LogP contribution in [-0.4, -0.2) is 29.1 Å². The highest BCUT2D eigenvalue weighted by atomic mass is 79.9. The number of halogens is 1. The second-order valence-corrected chi connectivity index (χ2v) is 4.95. The molecule has 0 spiro atoms. The van der Waals surface area contributed by atoms with Crippen molar-refractivity contribution in [1.29, 1.82) is 0 Å². The highest BCUT2D eigenvalue weighted by molar-refractivity contribution is 9.10. The topological polar surface area (TPSA) is 77.8 Å². The lowest BCUT2D eigenvalue weighted by molar-refractivity contribution is -0.133. The second-order valence-electron chi connectivity index (χ2n) is 4.09. The molecule has 90 valence electrons. The third-order valence-electron chi connectivity index (χ3n) is 2.92. The Labute approximate surface area is 106 Å². The highest BCUT2D eigenvalue weighted by Gasteiger charge is 2.45. The number of aromatic carboxylic acids is 1. The molecule has 1 aromatic carbocycles. The lowest BCUT2D eigenvalue weighted by atomic mass is 9.96. The van der Waals surface area contributed by atoms with Crippen LogP contribution in [0.5, 0.6) is 0 Å². The molecule has 0 fully saturated rings. The van der Waals surface area contributed by atoms with E-state index >= 15 is 0 Å². The Hall–Kier alpha value is -1.40. The van der Waals surface area contributed by atoms with Gasteiger partial charge in [-0.25, -0.2) is 4.79 Å². The third kappa shape index (κ3) is 1.56. The average molecular weight is 300 g/mol. The Morgan fingerprint density at radius 2 is 2.06 bits per heavy atom. The number of carboxylic acid groups (broad SMARTS) is 1. The molecule has 1 atom stereocenters. The van der Waals surface area contributed by atoms with Crippen LogP contribution in [0.2, 0.25) is 0 Å². The maximum absolute atomic E-state index is 11.8. The average Bonchev–Trinajstić information content (AvgIpc) is 2.39. The van der Waals surface area contributed by atoms with E-state index in [1.165, 1.54) is 31.0 Å². The molecule has 1 aliphatic heterocycles. The van der Waals surface area contributed by atoms with E-state index in [-0.39, 0.29) is 5.56 Å². The Morgan fingerprint density at radius 3 is 2.59 bits per heavy atom. The molecule has 17 heavy (non-hydrogen) atoms. The zero-order valence-corrected chi connectivity index (χ0v) is 10.8. The molecule has 0 saturated heterocycles. The van der Waals surface area contributed by atoms with Crippen LogP contribution in [0.25, 0.3) is 0 Å². The number of rotatable bonds is 1. The summed E-state index contributed by atoms with van der Waals surface area (Å²) in [6.45, 7) is 1.36. The molecule has 5 nitrogen and oxygen atoms in total. The van der Waals surface area contributed by atoms with E-state index < -0.39 is 17.5 Å². The molecular weight excluding hydrogens is 290 g/mol. The first-order chi connectivity index (χ1) is 7.76. The van der Waals surface area contributed by atoms with E-state index in [2.05, 4.69) is 15.9 Å². The number of carbonyl (C=O) groups is 2. The van der Waals surface area contributed by atoms with Crippen molar-refractivity contribution in [2.75, 3.05) is 11.9 Å². The van der Waals surface area contributed by atoms with E-state index in [1.54, 1.807) is 0 Å². The number of carbonyl (C=O) groups excluding carboxylic acids is 1. The third-order valence-corrected chi connectivity index (χ3v) is 3.58. The molecule has 0 saturated carbocycles. The quantitative estimate of drug-likeness (QED) is 0.820. The summed E-state index contributed by atoms with van der Waals surface area (Å²) in [6, 6.07) is 2.85. The van der Waals surface area contributed by atoms with Gasteiger partial charge in [0, 0.05) is 17.1 Å². The fourth-order valence-electron chi connectivity index (χ4n) is 1.95. The predicted molar refractivity (Wildman–Crippen MR) is 64.1 cm³/mol. The molecule has 2 N–H and O–H groups in total. The molecule has 1 aromatic rings. The number of carboxylic acids is 1. The van der Waals surface area contributed by atoms with Crippen molar-refractivity contribution >= 4 is 33.5 Å². The summed E-state index contributed by atoms with van der Waals surface area (Å²) in [5, 5.41) is 19.1. The Morgan fingerprint density at radius 1 is 1.47 bits per heavy atom. The van der Waals surface area contributed by atoms with Gasteiger partial charge in [0.25, 0.3) is 5.91 Å². The van der Waals surface area contributed by atoms with Gasteiger partial charge in [-0.3, -0.25) is 4.79 Å². The SMILES string of the molecule is CN1C(=O)C(C)(O)c2cc(C(=O)O)c(Br)cc21. The minimum Gasteiger partial charge on any atom is -0.478 e. The van der Waals surface area contributed by atoms with E-state index in [1.807, 2.05) is 0 Å². The van der Waals surface area contributed by atoms with Gasteiger partial charge in [0.1, 0.15) is 0 Å². The number of hydrogen-bond acceptors (Lipinski definition) is 3. The van der Waals surface area contributed by atoms with Crippen molar-refractivity contribution in [3.05, 3.63) is 27.7 Å². The molecular formula is C11H10BrNO4. The van der Waals surface area contributed by atoms with Crippen LogP contribution < -0.4 is 4.90 Å². The van der Waals surface area contributed by atoms with Gasteiger partial charge in [-0.2, -0.15) is 0 Å². The summed E-state index contributed by atoms with van der Waals surface area (Å²) >= 11 is 3.13. The number of benzene rings is 1. The number of anilines is 1. The first-order valence-corrected chi connectivity index (χ1v) is 5.64. The van der Waals surface area contributed by atoms with Crippen LogP contribution in [0.4, 0.5) is 5.69 Å². The fourth-order valence-corrected chi connectivity index (χ4v) is 2.45. The summed E-state index contributed by atoms with van der Waals surface area (Å²) in [6.07, 6.45) is 0. The molecule has 1 unspecified atom stereocenters. The molecule has 1 aliphatic rings. The molecule has 1 heterocycles. The van der Waals surface area contributed by atoms with Gasteiger partial charge in [-0.05, 0) is 35.0 Å². The maximum atomic E-state index is 11.8. The monoisotopic (exact) mass is 299 g/mol. The molecule has 2 rings (SSSR count). The lowest BCUT2D eigenvalue weighted by Crippen LogP contribution is -2.35. The molecule has 0 bridgehead atoms. The van der Waals surface area contributed by atoms with E-state index in [9.17, 15) is 14.7 Å². The van der Waals surface area contributed by atoms with Crippen LogP contribution >= 0.6 is 15.9 Å². The zero-order valence-electron chi connectivity index (χ0n) is 9.19. The Bertz CT molecular complexity index is 539. The number of nitrogens with zero attached hydrogens (tertiary/aromatic N) is 1. The summed E-state index contributed by atoms with van der Waals surface area (Å²) in [5.41, 5.74) is -0.829. The predicted octanol–water partition coefficient (Wildman–Crippen LogP) is 1.33. The van der Waals surface area contributed by atoms with Gasteiger partial charge >= 0.3 is 5.97 Å². The molecule has 0 radical (unpaired) electrons. The number of likely N-dealkylation sites (N-methyl/N-ethyl adjacent to an activating group) is 1. The van der Waals surface area contributed by atoms with Crippen molar-refractivity contribution < 1.29 is 19.8 Å². The fraction of sp³-hybridized carbons (Fsp3) is 0.273. The summed E-state index contributed by atoms with van der Waals surface area (Å²) in [4.78, 5) is 24.1. The van der Waals surface area contributed by atoms with Crippen LogP contribution in [0, 0.1) is 0 Å². The Kier molecular flexibility index (Phi) is 2.52. The summed E-state index contributed by atoms with van der Waals surface area (Å²) < 4.78 is 0.376. The minimum absolute atomic E-state index is 0.0205. The van der Waals surface area contributed by atoms with Gasteiger partial charge in [0.2, 0.25) is 0 Å². The molecule has 6 heteroatoms. The largest absolute Gasteiger partial charge is 0.478 e. The number of aliphatic hydroxyl groups is 1. The van der Waals surface area contributed by atoms with E-state index in [0.717, 1.165) is 0 Å². The van der Waals surface area contributed by atoms with Crippen LogP contribution in [0.1, 0.15) is 22.8 Å².